The molecule has 10 atom stereocenters. The quantitative estimate of drug-likeness (QED) is 0.0800. The third-order valence-electron chi connectivity index (χ3n) is 5.50. The Bertz CT molecular complexity index is 1540. The highest BCUT2D eigenvalue weighted by Crippen LogP contribution is 2.35. The van der Waals surface area contributed by atoms with Gasteiger partial charge in [0.1, 0.15) is 36.6 Å². The van der Waals surface area contributed by atoms with Crippen LogP contribution in [0.25, 0.3) is 0 Å². The van der Waals surface area contributed by atoms with Crippen LogP contribution in [0.15, 0.2) is 0 Å². The molecule has 0 aromatic rings. The second-order valence-electron chi connectivity index (χ2n) is 8.50. The van der Waals surface area contributed by atoms with Crippen LogP contribution in [0.1, 0.15) is 0 Å². The van der Waals surface area contributed by atoms with Crippen molar-refractivity contribution in [1.82, 2.24) is 0 Å². The van der Waals surface area contributed by atoms with Crippen LogP contribution in [0.4, 0.5) is 0 Å². The molecule has 31 heteroatoms. The maximum Gasteiger partial charge on any atom is 0.397 e. The highest BCUT2D eigenvalue weighted by Gasteiger charge is 2.56. The Kier molecular flexibility index (Phi) is 13.5. The van der Waals surface area contributed by atoms with Gasteiger partial charge in [-0.05, 0) is 0 Å². The van der Waals surface area contributed by atoms with Crippen LogP contribution in [0, 0.1) is 0 Å². The Balaban J connectivity index is 2.68. The molecule has 0 aliphatic carbocycles. The number of aliphatic hydroxyl groups is 1. The van der Waals surface area contributed by atoms with E-state index in [1.54, 1.807) is 0 Å². The summed E-state index contributed by atoms with van der Waals surface area (Å²) < 4.78 is 207. The van der Waals surface area contributed by atoms with Crippen LogP contribution >= 0.6 is 0 Å². The van der Waals surface area contributed by atoms with Gasteiger partial charge in [-0.2, -0.15) is 42.1 Å². The Hall–Kier alpha value is -0.890. The minimum Gasteiger partial charge on any atom is -0.376 e. The number of hydrogen-bond donors (Lipinski definition) is 6. The van der Waals surface area contributed by atoms with Gasteiger partial charge in [0.15, 0.2) is 24.8 Å². The Morgan fingerprint density at radius 2 is 0.889 bits per heavy atom. The number of aliphatic hydroxyl groups excluding tert-OH is 1. The molecule has 2 rings (SSSR count). The first-order valence-electron chi connectivity index (χ1n) is 11.1. The zero-order valence-corrected chi connectivity index (χ0v) is 26.2. The first-order valence-corrected chi connectivity index (χ1v) is 18.0. The monoisotopic (exact) mass is 770 g/mol. The molecule has 2 aliphatic heterocycles. The van der Waals surface area contributed by atoms with Crippen molar-refractivity contribution >= 4 is 52.0 Å². The van der Waals surface area contributed by atoms with Gasteiger partial charge in [-0.3, -0.25) is 22.8 Å². The van der Waals surface area contributed by atoms with E-state index in [9.17, 15) is 56.3 Å². The molecule has 0 saturated carbocycles. The summed E-state index contributed by atoms with van der Waals surface area (Å²) in [5.41, 5.74) is 0. The molecular formula is C14H26O26S5. The van der Waals surface area contributed by atoms with Crippen LogP contribution in [-0.4, -0.2) is 159 Å². The van der Waals surface area contributed by atoms with E-state index in [2.05, 4.69) is 20.9 Å². The van der Waals surface area contributed by atoms with Crippen molar-refractivity contribution in [1.29, 1.82) is 0 Å². The zero-order chi connectivity index (χ0) is 34.8. The van der Waals surface area contributed by atoms with Crippen LogP contribution < -0.4 is 0 Å². The van der Waals surface area contributed by atoms with Gasteiger partial charge in [-0.1, -0.05) is 0 Å². The van der Waals surface area contributed by atoms with Crippen molar-refractivity contribution in [3.63, 3.8) is 0 Å². The van der Waals surface area contributed by atoms with Gasteiger partial charge >= 0.3 is 52.0 Å². The van der Waals surface area contributed by atoms with Crippen molar-refractivity contribution in [2.45, 2.75) is 61.4 Å². The van der Waals surface area contributed by atoms with E-state index in [1.165, 1.54) is 0 Å². The summed E-state index contributed by atoms with van der Waals surface area (Å²) in [5.74, 6) is 0. The Morgan fingerprint density at radius 3 is 1.29 bits per heavy atom. The summed E-state index contributed by atoms with van der Waals surface area (Å²) in [6.07, 6.45) is -22.6. The van der Waals surface area contributed by atoms with Gasteiger partial charge in [0, 0.05) is 14.2 Å². The number of methoxy groups -OCH3 is 2. The fraction of sp³-hybridized carbons (Fsp3) is 1.00. The van der Waals surface area contributed by atoms with E-state index in [4.69, 9.17) is 37.3 Å². The molecule has 2 aliphatic rings. The van der Waals surface area contributed by atoms with Gasteiger partial charge in [-0.25, -0.2) is 20.9 Å². The third kappa shape index (κ3) is 13.3. The Labute approximate surface area is 255 Å². The van der Waals surface area contributed by atoms with Gasteiger partial charge in [0.2, 0.25) is 0 Å². The molecule has 0 bridgehead atoms. The summed E-state index contributed by atoms with van der Waals surface area (Å²) in [4.78, 5) is 0. The third-order valence-corrected chi connectivity index (χ3v) is 7.76. The molecule has 2 fully saturated rings. The zero-order valence-electron chi connectivity index (χ0n) is 22.1. The number of hydrogen-bond acceptors (Lipinski definition) is 21. The lowest BCUT2D eigenvalue weighted by molar-refractivity contribution is -0.351. The van der Waals surface area contributed by atoms with Crippen molar-refractivity contribution in [3.05, 3.63) is 0 Å². The van der Waals surface area contributed by atoms with Crippen molar-refractivity contribution in [3.8, 4) is 0 Å². The fourth-order valence-electron chi connectivity index (χ4n) is 4.06. The molecule has 26 nitrogen and oxygen atoms in total. The predicted octanol–water partition coefficient (Wildman–Crippen LogP) is -4.95. The second-order valence-corrected chi connectivity index (χ2v) is 13.8. The number of ether oxygens (including phenoxy) is 5. The molecule has 6 N–H and O–H groups in total. The molecule has 0 spiro atoms. The first kappa shape index (κ1) is 40.3. The highest BCUT2D eigenvalue weighted by atomic mass is 32.3. The molecule has 2 heterocycles. The summed E-state index contributed by atoms with van der Waals surface area (Å²) >= 11 is 0. The molecule has 2 saturated heterocycles. The van der Waals surface area contributed by atoms with Crippen molar-refractivity contribution in [2.24, 2.45) is 0 Å². The highest BCUT2D eigenvalue weighted by molar-refractivity contribution is 7.81. The first-order chi connectivity index (χ1) is 20.2. The average molecular weight is 771 g/mol. The molecule has 0 aromatic carbocycles. The second kappa shape index (κ2) is 15.1. The van der Waals surface area contributed by atoms with E-state index in [1.807, 2.05) is 0 Å². The van der Waals surface area contributed by atoms with E-state index >= 15 is 0 Å². The molecule has 268 valence electrons. The van der Waals surface area contributed by atoms with Gasteiger partial charge < -0.3 is 28.8 Å². The maximum atomic E-state index is 11.7. The van der Waals surface area contributed by atoms with E-state index < -0.39 is 127 Å². The predicted molar refractivity (Wildman–Crippen MR) is 130 cm³/mol. The lowest BCUT2D eigenvalue weighted by Crippen LogP contribution is -2.66. The summed E-state index contributed by atoms with van der Waals surface area (Å²) in [6.45, 7) is -2.73. The summed E-state index contributed by atoms with van der Waals surface area (Å²) in [7, 11) is -25.7. The van der Waals surface area contributed by atoms with E-state index in [0.29, 0.717) is 0 Å². The molecule has 0 radical (unpaired) electrons. The van der Waals surface area contributed by atoms with Gasteiger partial charge in [-0.15, -0.1) is 0 Å². The van der Waals surface area contributed by atoms with E-state index in [0.717, 1.165) is 14.2 Å². The lowest BCUT2D eigenvalue weighted by Gasteiger charge is -2.48. The average Bonchev–Trinajstić information content (AvgIpc) is 2.82. The molecular weight excluding hydrogens is 744 g/mol. The standard InChI is InChI=1S/C14H26O26S5/c1-31-9-7(5(3-33-41(16,17)18)35-13(15)11(9)39-44(25,26)27)37-14-12(40-45(28,29)30)10(32-2)8(38-43(22,23)24)6(36-14)4-34-42(19,20)21/h5-15H,3-4H2,1-2H3,(H,16,17,18)(H,19,20,21)(H,22,23,24)(H,25,26,27)(H,28,29,30)/t5-,6-,7-,8-,9+,10+,11-,12-,13-,14-/m1/s1. The van der Waals surface area contributed by atoms with Crippen molar-refractivity contribution in [2.75, 3.05) is 27.4 Å². The minimum absolute atomic E-state index is 0.727. The van der Waals surface area contributed by atoms with Crippen LogP contribution in [0.5, 0.6) is 0 Å². The SMILES string of the molecule is CO[C@@H]1[C@@H](OS(=O)(=O)O)[C@H](O)O[C@H](COS(=O)(=O)O)[C@H]1O[C@H]1O[C@H](COS(=O)(=O)O)[C@@H](OS(=O)(=O)O)[C@H](OC)[C@H]1OS(=O)(=O)O. The smallest absolute Gasteiger partial charge is 0.376 e. The van der Waals surface area contributed by atoms with Crippen molar-refractivity contribution < 1.29 is 115 Å². The normalized spacial score (nSPS) is 34.0. The maximum absolute atomic E-state index is 11.7. The fourth-order valence-corrected chi connectivity index (χ4v) is 6.15. The molecule has 45 heavy (non-hydrogen) atoms. The summed E-state index contributed by atoms with van der Waals surface area (Å²) in [5, 5.41) is 10.3. The Morgan fingerprint density at radius 1 is 0.511 bits per heavy atom. The largest absolute Gasteiger partial charge is 0.397 e. The molecule has 0 aromatic heterocycles. The van der Waals surface area contributed by atoms with Gasteiger partial charge in [0.05, 0.1) is 13.2 Å². The minimum atomic E-state index is -5.62. The number of rotatable bonds is 16. The van der Waals surface area contributed by atoms with Gasteiger partial charge in [0.25, 0.3) is 0 Å². The van der Waals surface area contributed by atoms with Crippen LogP contribution in [-0.2, 0) is 96.6 Å². The molecule has 0 amide bonds. The summed E-state index contributed by atoms with van der Waals surface area (Å²) in [6, 6.07) is 0. The van der Waals surface area contributed by atoms with Crippen LogP contribution in [0.2, 0.25) is 0 Å². The lowest BCUT2D eigenvalue weighted by atomic mass is 9.96. The van der Waals surface area contributed by atoms with Crippen LogP contribution in [0.3, 0.4) is 0 Å². The molecule has 0 unspecified atom stereocenters. The van der Waals surface area contributed by atoms with E-state index in [-0.39, 0.29) is 0 Å². The topological polar surface area (TPSA) is 384 Å².